The van der Waals surface area contributed by atoms with Gasteiger partial charge in [-0.1, -0.05) is 15.9 Å². The van der Waals surface area contributed by atoms with E-state index in [1.54, 1.807) is 0 Å². The van der Waals surface area contributed by atoms with E-state index in [2.05, 4.69) is 15.9 Å². The fourth-order valence-electron chi connectivity index (χ4n) is 1.54. The Labute approximate surface area is 90.3 Å². The lowest BCUT2D eigenvalue weighted by molar-refractivity contribution is -0.151. The number of halogens is 1. The zero-order valence-corrected chi connectivity index (χ0v) is 9.37. The van der Waals surface area contributed by atoms with E-state index < -0.39 is 5.60 Å². The largest absolute Gasteiger partial charge is 0.451 e. The Morgan fingerprint density at radius 3 is 2.71 bits per heavy atom. The van der Waals surface area contributed by atoms with Crippen LogP contribution in [0.2, 0.25) is 0 Å². The van der Waals surface area contributed by atoms with Crippen LogP contribution in [0.4, 0.5) is 0 Å². The summed E-state index contributed by atoms with van der Waals surface area (Å²) in [6.07, 6.45) is 1.69. The van der Waals surface area contributed by atoms with E-state index in [0.717, 1.165) is 4.48 Å². The van der Waals surface area contributed by atoms with E-state index in [4.69, 9.17) is 14.2 Å². The average Bonchev–Trinajstić information content (AvgIpc) is 2.62. The third-order valence-electron chi connectivity index (χ3n) is 2.32. The first-order chi connectivity index (χ1) is 6.60. The zero-order valence-electron chi connectivity index (χ0n) is 7.79. The molecule has 0 bridgehead atoms. The Morgan fingerprint density at radius 1 is 1.57 bits per heavy atom. The normalized spacial score (nSPS) is 33.3. The van der Waals surface area contributed by atoms with Crippen molar-refractivity contribution in [2.75, 3.05) is 13.2 Å². The highest BCUT2D eigenvalue weighted by Crippen LogP contribution is 2.37. The fraction of sp³-hybridized carbons (Fsp3) is 0.667. The van der Waals surface area contributed by atoms with Gasteiger partial charge in [0.1, 0.15) is 5.60 Å². The van der Waals surface area contributed by atoms with Gasteiger partial charge in [0.15, 0.2) is 6.29 Å². The predicted octanol–water partition coefficient (Wildman–Crippen LogP) is 1.34. The van der Waals surface area contributed by atoms with E-state index in [0.29, 0.717) is 19.6 Å². The molecule has 0 spiro atoms. The van der Waals surface area contributed by atoms with Crippen molar-refractivity contribution < 1.29 is 19.0 Å². The van der Waals surface area contributed by atoms with E-state index >= 15 is 0 Å². The number of hydrogen-bond donors (Lipinski definition) is 0. The SMILES string of the molecule is CC1(CC2OCCO2)OC(=O)C=C1Br. The van der Waals surface area contributed by atoms with Crippen LogP contribution >= 0.6 is 15.9 Å². The summed E-state index contributed by atoms with van der Waals surface area (Å²) in [6, 6.07) is 0. The van der Waals surface area contributed by atoms with E-state index in [1.165, 1.54) is 6.08 Å². The Hall–Kier alpha value is -0.390. The summed E-state index contributed by atoms with van der Waals surface area (Å²) in [6.45, 7) is 3.05. The van der Waals surface area contributed by atoms with Crippen LogP contribution < -0.4 is 0 Å². The quantitative estimate of drug-likeness (QED) is 0.705. The molecule has 14 heavy (non-hydrogen) atoms. The van der Waals surface area contributed by atoms with Crippen LogP contribution in [0.1, 0.15) is 13.3 Å². The van der Waals surface area contributed by atoms with E-state index in [1.807, 2.05) is 6.92 Å². The summed E-state index contributed by atoms with van der Waals surface area (Å²) in [7, 11) is 0. The Kier molecular flexibility index (Phi) is 2.64. The van der Waals surface area contributed by atoms with Gasteiger partial charge in [-0.3, -0.25) is 0 Å². The molecule has 4 nitrogen and oxygen atoms in total. The van der Waals surface area contributed by atoms with Crippen LogP contribution in [-0.2, 0) is 19.0 Å². The monoisotopic (exact) mass is 262 g/mol. The minimum absolute atomic E-state index is 0.271. The summed E-state index contributed by atoms with van der Waals surface area (Å²) in [4.78, 5) is 11.0. The highest BCUT2D eigenvalue weighted by atomic mass is 79.9. The third-order valence-corrected chi connectivity index (χ3v) is 3.39. The highest BCUT2D eigenvalue weighted by Gasteiger charge is 2.41. The number of esters is 1. The van der Waals surface area contributed by atoms with Crippen molar-refractivity contribution >= 4 is 21.9 Å². The van der Waals surface area contributed by atoms with Gasteiger partial charge in [-0.25, -0.2) is 4.79 Å². The summed E-state index contributed by atoms with van der Waals surface area (Å²) in [5.41, 5.74) is -0.633. The van der Waals surface area contributed by atoms with Crippen molar-refractivity contribution in [2.45, 2.75) is 25.2 Å². The van der Waals surface area contributed by atoms with Crippen molar-refractivity contribution in [3.05, 3.63) is 10.6 Å². The molecule has 0 aliphatic carbocycles. The molecule has 0 aromatic rings. The minimum atomic E-state index is -0.633. The Balaban J connectivity index is 2.02. The number of carbonyl (C=O) groups is 1. The van der Waals surface area contributed by atoms with Gasteiger partial charge in [-0.2, -0.15) is 0 Å². The first kappa shape index (κ1) is 10.1. The Morgan fingerprint density at radius 2 is 2.21 bits per heavy atom. The number of hydrogen-bond acceptors (Lipinski definition) is 4. The van der Waals surface area contributed by atoms with Crippen LogP contribution in [0.25, 0.3) is 0 Å². The lowest BCUT2D eigenvalue weighted by atomic mass is 10.0. The third kappa shape index (κ3) is 1.85. The molecule has 0 aromatic carbocycles. The van der Waals surface area contributed by atoms with E-state index in [-0.39, 0.29) is 12.3 Å². The molecular weight excluding hydrogens is 252 g/mol. The zero-order chi connectivity index (χ0) is 10.2. The molecule has 2 aliphatic heterocycles. The van der Waals surface area contributed by atoms with Gasteiger partial charge in [0.25, 0.3) is 0 Å². The topological polar surface area (TPSA) is 44.8 Å². The second-order valence-electron chi connectivity index (χ2n) is 3.52. The molecule has 1 fully saturated rings. The maximum atomic E-state index is 11.0. The number of carbonyl (C=O) groups excluding carboxylic acids is 1. The van der Waals surface area contributed by atoms with Crippen molar-refractivity contribution in [3.63, 3.8) is 0 Å². The van der Waals surface area contributed by atoms with Crippen LogP contribution in [0.15, 0.2) is 10.6 Å². The molecule has 78 valence electrons. The Bertz CT molecular complexity index is 283. The molecule has 0 radical (unpaired) electrons. The van der Waals surface area contributed by atoms with Crippen molar-refractivity contribution in [3.8, 4) is 0 Å². The molecule has 2 aliphatic rings. The van der Waals surface area contributed by atoms with Gasteiger partial charge in [0.05, 0.1) is 13.2 Å². The smallest absolute Gasteiger partial charge is 0.332 e. The summed E-state index contributed by atoms with van der Waals surface area (Å²) < 4.78 is 16.5. The van der Waals surface area contributed by atoms with Crippen LogP contribution in [0, 0.1) is 0 Å². The van der Waals surface area contributed by atoms with Gasteiger partial charge in [0.2, 0.25) is 0 Å². The molecule has 0 N–H and O–H groups in total. The van der Waals surface area contributed by atoms with Crippen LogP contribution in [0.3, 0.4) is 0 Å². The first-order valence-corrected chi connectivity index (χ1v) is 5.23. The predicted molar refractivity (Wildman–Crippen MR) is 51.8 cm³/mol. The summed E-state index contributed by atoms with van der Waals surface area (Å²) in [5, 5.41) is 0. The molecule has 5 heteroatoms. The number of ether oxygens (including phenoxy) is 3. The second kappa shape index (κ2) is 3.64. The summed E-state index contributed by atoms with van der Waals surface area (Å²) in [5.74, 6) is -0.322. The van der Waals surface area contributed by atoms with E-state index in [9.17, 15) is 4.79 Å². The molecule has 2 rings (SSSR count). The van der Waals surface area contributed by atoms with Gasteiger partial charge in [-0.15, -0.1) is 0 Å². The maximum Gasteiger partial charge on any atom is 0.332 e. The molecule has 0 amide bonds. The first-order valence-electron chi connectivity index (χ1n) is 4.44. The number of cyclic esters (lactones) is 1. The standard InChI is InChI=1S/C9H11BrO4/c1-9(5-8-12-2-3-13-8)6(10)4-7(11)14-9/h4,8H,2-3,5H2,1H3. The average molecular weight is 263 g/mol. The van der Waals surface area contributed by atoms with Crippen molar-refractivity contribution in [2.24, 2.45) is 0 Å². The highest BCUT2D eigenvalue weighted by molar-refractivity contribution is 9.11. The van der Waals surface area contributed by atoms with Crippen molar-refractivity contribution in [1.82, 2.24) is 0 Å². The molecular formula is C9H11BrO4. The maximum absolute atomic E-state index is 11.0. The van der Waals surface area contributed by atoms with Crippen molar-refractivity contribution in [1.29, 1.82) is 0 Å². The van der Waals surface area contributed by atoms with Gasteiger partial charge >= 0.3 is 5.97 Å². The second-order valence-corrected chi connectivity index (χ2v) is 4.37. The fourth-order valence-corrected chi connectivity index (χ4v) is 1.97. The molecule has 2 heterocycles. The molecule has 0 aromatic heterocycles. The minimum Gasteiger partial charge on any atom is -0.451 e. The molecule has 1 atom stereocenters. The van der Waals surface area contributed by atoms with Gasteiger partial charge in [-0.05, 0) is 6.92 Å². The molecule has 1 unspecified atom stereocenters. The molecule has 1 saturated heterocycles. The lowest BCUT2D eigenvalue weighted by Gasteiger charge is -2.26. The van der Waals surface area contributed by atoms with Gasteiger partial charge in [0, 0.05) is 17.0 Å². The molecule has 0 saturated carbocycles. The van der Waals surface area contributed by atoms with Crippen LogP contribution in [0.5, 0.6) is 0 Å². The number of rotatable bonds is 2. The van der Waals surface area contributed by atoms with Gasteiger partial charge < -0.3 is 14.2 Å². The van der Waals surface area contributed by atoms with Crippen LogP contribution in [-0.4, -0.2) is 31.1 Å². The summed E-state index contributed by atoms with van der Waals surface area (Å²) >= 11 is 3.31. The lowest BCUT2D eigenvalue weighted by Crippen LogP contribution is -2.32.